The molecule has 0 bridgehead atoms. The van der Waals surface area contributed by atoms with E-state index >= 15 is 0 Å². The lowest BCUT2D eigenvalue weighted by molar-refractivity contribution is -0.147. The fourth-order valence-corrected chi connectivity index (χ4v) is 4.95. The predicted molar refractivity (Wildman–Crippen MR) is 111 cm³/mol. The van der Waals surface area contributed by atoms with Crippen LogP contribution in [-0.2, 0) is 19.3 Å². The molecule has 0 radical (unpaired) electrons. The smallest absolute Gasteiger partial charge is 0.451 e. The lowest BCUT2D eigenvalue weighted by atomic mass is 10.3. The highest BCUT2D eigenvalue weighted by molar-refractivity contribution is 7.18. The maximum Gasteiger partial charge on any atom is 0.451 e. The van der Waals surface area contributed by atoms with Crippen LogP contribution in [0.3, 0.4) is 0 Å². The van der Waals surface area contributed by atoms with Crippen LogP contribution in [0.4, 0.5) is 30.1 Å². The first-order valence-electron chi connectivity index (χ1n) is 9.17. The second kappa shape index (κ2) is 7.37. The minimum Gasteiger partial charge on any atom is -0.476 e. The number of fused-ring (bicyclic) bond motifs is 2. The highest BCUT2D eigenvalue weighted by Crippen LogP contribution is 2.35. The molecule has 0 aliphatic carbocycles. The van der Waals surface area contributed by atoms with E-state index in [-0.39, 0.29) is 37.1 Å². The van der Waals surface area contributed by atoms with Gasteiger partial charge >= 0.3 is 12.1 Å². The maximum absolute atomic E-state index is 13.1. The molecule has 0 saturated heterocycles. The van der Waals surface area contributed by atoms with E-state index in [4.69, 9.17) is 5.11 Å². The zero-order valence-corrected chi connectivity index (χ0v) is 17.8. The summed E-state index contributed by atoms with van der Waals surface area (Å²) in [4.78, 5) is 27.6. The lowest BCUT2D eigenvalue weighted by Gasteiger charge is -2.29. The van der Waals surface area contributed by atoms with Crippen LogP contribution >= 0.6 is 22.7 Å². The molecular weight excluding hydrogens is 469 g/mol. The van der Waals surface area contributed by atoms with Gasteiger partial charge in [-0.3, -0.25) is 5.32 Å². The number of nitrogens with zero attached hydrogens (tertiary/aromatic N) is 7. The van der Waals surface area contributed by atoms with E-state index in [1.54, 1.807) is 0 Å². The standard InChI is InChI=1S/C17H13F3N8O2S2/c1-7-4-8-11(27-2-3-28-10(5-27)25-26-14(28)17(18,19)20)22-15(23-12(8)32-7)24-16-21-9(6-31-16)13(29)30/h4,6H,2-3,5H2,1H3,(H,29,30)(H,21,22,23,24). The largest absolute Gasteiger partial charge is 0.476 e. The highest BCUT2D eigenvalue weighted by Gasteiger charge is 2.39. The number of thiophene rings is 1. The van der Waals surface area contributed by atoms with Gasteiger partial charge in [0.15, 0.2) is 16.6 Å². The van der Waals surface area contributed by atoms with Gasteiger partial charge in [0.05, 0.1) is 11.9 Å². The van der Waals surface area contributed by atoms with Gasteiger partial charge in [-0.1, -0.05) is 0 Å². The van der Waals surface area contributed by atoms with Crippen LogP contribution in [0.1, 0.15) is 27.0 Å². The first-order chi connectivity index (χ1) is 15.2. The molecule has 2 N–H and O–H groups in total. The van der Waals surface area contributed by atoms with Crippen LogP contribution in [0.2, 0.25) is 0 Å². The first kappa shape index (κ1) is 20.6. The van der Waals surface area contributed by atoms with Crippen molar-refractivity contribution in [1.82, 2.24) is 29.7 Å². The Morgan fingerprint density at radius 2 is 2.03 bits per heavy atom. The van der Waals surface area contributed by atoms with Gasteiger partial charge in [-0.15, -0.1) is 32.9 Å². The number of rotatable bonds is 4. The number of carbonyl (C=O) groups is 1. The van der Waals surface area contributed by atoms with E-state index in [1.807, 2.05) is 17.9 Å². The van der Waals surface area contributed by atoms with Gasteiger partial charge in [-0.25, -0.2) is 14.8 Å². The lowest BCUT2D eigenvalue weighted by Crippen LogP contribution is -2.36. The van der Waals surface area contributed by atoms with Crippen LogP contribution in [0.5, 0.6) is 0 Å². The minimum absolute atomic E-state index is 0.0585. The van der Waals surface area contributed by atoms with E-state index in [0.29, 0.717) is 15.8 Å². The van der Waals surface area contributed by atoms with E-state index in [0.717, 1.165) is 26.2 Å². The average molecular weight is 482 g/mol. The van der Waals surface area contributed by atoms with Gasteiger partial charge in [0.2, 0.25) is 11.8 Å². The number of hydrogen-bond donors (Lipinski definition) is 2. The Morgan fingerprint density at radius 3 is 2.75 bits per heavy atom. The molecule has 0 spiro atoms. The van der Waals surface area contributed by atoms with Gasteiger partial charge in [-0.05, 0) is 13.0 Å². The number of aromatic nitrogens is 6. The van der Waals surface area contributed by atoms with Crippen molar-refractivity contribution in [3.63, 3.8) is 0 Å². The fraction of sp³-hybridized carbons (Fsp3) is 0.294. The summed E-state index contributed by atoms with van der Waals surface area (Å²) in [7, 11) is 0. The molecular formula is C17H13F3N8O2S2. The molecule has 0 fully saturated rings. The molecule has 4 aromatic heterocycles. The summed E-state index contributed by atoms with van der Waals surface area (Å²) in [6.45, 7) is 2.35. The molecule has 5 heterocycles. The molecule has 32 heavy (non-hydrogen) atoms. The van der Waals surface area contributed by atoms with Crippen molar-refractivity contribution < 1.29 is 23.1 Å². The molecule has 0 unspecified atom stereocenters. The summed E-state index contributed by atoms with van der Waals surface area (Å²) >= 11 is 2.55. The number of nitrogens with one attached hydrogen (secondary N) is 1. The summed E-state index contributed by atoms with van der Waals surface area (Å²) in [5, 5.41) is 21.5. The average Bonchev–Trinajstić information content (AvgIpc) is 3.43. The van der Waals surface area contributed by atoms with Crippen LogP contribution in [0.15, 0.2) is 11.4 Å². The Kier molecular flexibility index (Phi) is 4.74. The molecule has 0 amide bonds. The van der Waals surface area contributed by atoms with Gasteiger partial charge < -0.3 is 14.6 Å². The van der Waals surface area contributed by atoms with Crippen molar-refractivity contribution in [3.05, 3.63) is 33.7 Å². The molecule has 4 aromatic rings. The maximum atomic E-state index is 13.1. The molecule has 1 aliphatic rings. The zero-order chi connectivity index (χ0) is 22.6. The Balaban J connectivity index is 1.50. The topological polar surface area (TPSA) is 122 Å². The van der Waals surface area contributed by atoms with Crippen molar-refractivity contribution in [2.24, 2.45) is 0 Å². The molecule has 5 rings (SSSR count). The fourth-order valence-electron chi connectivity index (χ4n) is 3.40. The quantitative estimate of drug-likeness (QED) is 0.450. The van der Waals surface area contributed by atoms with Crippen molar-refractivity contribution in [3.8, 4) is 0 Å². The second-order valence-corrected chi connectivity index (χ2v) is 9.02. The van der Waals surface area contributed by atoms with E-state index in [2.05, 4.69) is 30.5 Å². The number of aryl methyl sites for hydroxylation is 1. The predicted octanol–water partition coefficient (Wildman–Crippen LogP) is 3.53. The van der Waals surface area contributed by atoms with Gasteiger partial charge in [-0.2, -0.15) is 18.2 Å². The zero-order valence-electron chi connectivity index (χ0n) is 16.2. The van der Waals surface area contributed by atoms with Crippen molar-refractivity contribution in [2.45, 2.75) is 26.2 Å². The van der Waals surface area contributed by atoms with Gasteiger partial charge in [0.1, 0.15) is 10.6 Å². The SMILES string of the molecule is Cc1cc2c(N3CCn4c(nnc4C(F)(F)F)C3)nc(Nc3nc(C(=O)O)cs3)nc2s1. The number of anilines is 3. The van der Waals surface area contributed by atoms with E-state index in [9.17, 15) is 18.0 Å². The van der Waals surface area contributed by atoms with Crippen LogP contribution in [0, 0.1) is 6.92 Å². The Hall–Kier alpha value is -3.33. The molecule has 0 atom stereocenters. The second-order valence-electron chi connectivity index (χ2n) is 6.93. The van der Waals surface area contributed by atoms with Gasteiger partial charge in [0.25, 0.3) is 0 Å². The number of hydrogen-bond acceptors (Lipinski definition) is 10. The third-order valence-corrected chi connectivity index (χ3v) is 6.45. The summed E-state index contributed by atoms with van der Waals surface area (Å²) in [6, 6.07) is 1.92. The van der Waals surface area contributed by atoms with Gasteiger partial charge in [0, 0.05) is 23.3 Å². The monoisotopic (exact) mass is 482 g/mol. The first-order valence-corrected chi connectivity index (χ1v) is 10.9. The molecule has 166 valence electrons. The Labute approximate surface area is 185 Å². The number of thiazole rings is 1. The molecule has 10 nitrogen and oxygen atoms in total. The molecule has 1 aliphatic heterocycles. The highest BCUT2D eigenvalue weighted by atomic mass is 32.1. The van der Waals surface area contributed by atoms with Crippen molar-refractivity contribution in [1.29, 1.82) is 0 Å². The van der Waals surface area contributed by atoms with Crippen LogP contribution in [0.25, 0.3) is 10.2 Å². The normalized spacial score (nSPS) is 14.1. The van der Waals surface area contributed by atoms with Crippen LogP contribution in [-0.4, -0.2) is 47.3 Å². The van der Waals surface area contributed by atoms with Crippen molar-refractivity contribution in [2.75, 3.05) is 16.8 Å². The van der Waals surface area contributed by atoms with E-state index < -0.39 is 18.0 Å². The summed E-state index contributed by atoms with van der Waals surface area (Å²) < 4.78 is 40.5. The Bertz CT molecular complexity index is 1350. The summed E-state index contributed by atoms with van der Waals surface area (Å²) in [5.41, 5.74) is -0.0957. The molecule has 0 saturated carbocycles. The Morgan fingerprint density at radius 1 is 1.22 bits per heavy atom. The number of alkyl halides is 3. The van der Waals surface area contributed by atoms with E-state index in [1.165, 1.54) is 16.7 Å². The summed E-state index contributed by atoms with van der Waals surface area (Å²) in [6.07, 6.45) is -4.57. The number of carboxylic acid groups (broad SMARTS) is 1. The minimum atomic E-state index is -4.57. The third kappa shape index (κ3) is 3.62. The number of halogens is 3. The third-order valence-electron chi connectivity index (χ3n) is 4.74. The summed E-state index contributed by atoms with van der Waals surface area (Å²) in [5.74, 6) is -1.20. The molecule has 0 aromatic carbocycles. The number of aromatic carboxylic acids is 1. The number of carboxylic acids is 1. The molecule has 15 heteroatoms. The van der Waals surface area contributed by atoms with Crippen molar-refractivity contribution >= 4 is 55.8 Å². The van der Waals surface area contributed by atoms with Crippen LogP contribution < -0.4 is 10.2 Å².